The van der Waals surface area contributed by atoms with Crippen LogP contribution in [0, 0.1) is 10.1 Å². The minimum absolute atomic E-state index is 0.0269. The third-order valence-corrected chi connectivity index (χ3v) is 4.45. The van der Waals surface area contributed by atoms with Gasteiger partial charge in [0.05, 0.1) is 11.0 Å². The fourth-order valence-corrected chi connectivity index (χ4v) is 3.02. The number of nitrogens with one attached hydrogen (secondary N) is 1. The van der Waals surface area contributed by atoms with Crippen molar-refractivity contribution in [3.63, 3.8) is 0 Å². The number of non-ortho nitro benzene ring substituents is 1. The molecule has 1 amide bonds. The maximum absolute atomic E-state index is 12.1. The summed E-state index contributed by atoms with van der Waals surface area (Å²) in [6.07, 6.45) is -0.930. The van der Waals surface area contributed by atoms with E-state index in [9.17, 15) is 20.0 Å². The number of hydrogen-bond donors (Lipinski definition) is 2. The highest BCUT2D eigenvalue weighted by atomic mass is 32.2. The van der Waals surface area contributed by atoms with E-state index in [1.807, 2.05) is 12.1 Å². The third kappa shape index (κ3) is 5.58. The van der Waals surface area contributed by atoms with Crippen molar-refractivity contribution in [1.82, 2.24) is 5.32 Å². The number of nitro groups is 1. The van der Waals surface area contributed by atoms with Crippen LogP contribution in [0.25, 0.3) is 0 Å². The molecule has 2 rings (SSSR count). The van der Waals surface area contributed by atoms with Crippen LogP contribution in [0.5, 0.6) is 0 Å². The smallest absolute Gasteiger partial charge is 0.269 e. The van der Waals surface area contributed by atoms with Gasteiger partial charge in [0.2, 0.25) is 0 Å². The molecule has 6 nitrogen and oxygen atoms in total. The first-order valence-corrected chi connectivity index (χ1v) is 8.72. The minimum Gasteiger partial charge on any atom is -0.387 e. The summed E-state index contributed by atoms with van der Waals surface area (Å²) in [5, 5.41) is 23.9. The highest BCUT2D eigenvalue weighted by Gasteiger charge is 2.13. The number of aliphatic hydroxyl groups is 1. The van der Waals surface area contributed by atoms with E-state index in [0.29, 0.717) is 16.4 Å². The summed E-state index contributed by atoms with van der Waals surface area (Å²) in [5.74, 6) is -0.276. The molecule has 25 heavy (non-hydrogen) atoms. The number of hydrogen-bond acceptors (Lipinski definition) is 5. The number of amides is 1. The summed E-state index contributed by atoms with van der Waals surface area (Å²) < 4.78 is 0. The highest BCUT2D eigenvalue weighted by Crippen LogP contribution is 2.23. The Morgan fingerprint density at radius 3 is 2.28 bits per heavy atom. The molecule has 0 aromatic heterocycles. The van der Waals surface area contributed by atoms with Gasteiger partial charge in [0.15, 0.2) is 0 Å². The zero-order valence-corrected chi connectivity index (χ0v) is 14.8. The monoisotopic (exact) mass is 360 g/mol. The molecule has 2 aromatic rings. The molecule has 0 spiro atoms. The van der Waals surface area contributed by atoms with Crippen molar-refractivity contribution in [2.45, 2.75) is 30.1 Å². The Bertz CT molecular complexity index is 730. The summed E-state index contributed by atoms with van der Waals surface area (Å²) in [4.78, 5) is 23.4. The summed E-state index contributed by atoms with van der Waals surface area (Å²) in [5.41, 5.74) is 0.984. The quantitative estimate of drug-likeness (QED) is 0.447. The Hall–Kier alpha value is -2.38. The lowest BCUT2D eigenvalue weighted by Crippen LogP contribution is -2.28. The Morgan fingerprint density at radius 2 is 1.76 bits per heavy atom. The van der Waals surface area contributed by atoms with Crippen LogP contribution in [0.4, 0.5) is 5.69 Å². The number of rotatable bonds is 7. The van der Waals surface area contributed by atoms with E-state index < -0.39 is 11.0 Å². The van der Waals surface area contributed by atoms with Crippen molar-refractivity contribution in [3.05, 3.63) is 69.8 Å². The predicted octanol–water partition coefficient (Wildman–Crippen LogP) is 3.56. The van der Waals surface area contributed by atoms with Gasteiger partial charge in [0.25, 0.3) is 11.6 Å². The second-order valence-corrected chi connectivity index (χ2v) is 7.42. The first-order chi connectivity index (χ1) is 11.9. The number of nitrogens with zero attached hydrogens (tertiary/aromatic N) is 1. The van der Waals surface area contributed by atoms with Crippen LogP contribution in [-0.4, -0.2) is 27.7 Å². The van der Waals surface area contributed by atoms with Crippen molar-refractivity contribution in [1.29, 1.82) is 0 Å². The van der Waals surface area contributed by atoms with Crippen molar-refractivity contribution in [3.8, 4) is 0 Å². The van der Waals surface area contributed by atoms with Gasteiger partial charge in [-0.1, -0.05) is 13.8 Å². The van der Waals surface area contributed by atoms with Gasteiger partial charge in [0.1, 0.15) is 0 Å². The predicted molar refractivity (Wildman–Crippen MR) is 97.8 cm³/mol. The standard InChI is InChI=1S/C18H20N2O4S/c1-12(2)25-16-9-5-14(6-10-16)18(22)19-11-17(21)13-3-7-15(8-4-13)20(23)24/h3-10,12,17,21H,11H2,1-2H3,(H,19,22). The third-order valence-electron chi connectivity index (χ3n) is 3.43. The van der Waals surface area contributed by atoms with E-state index in [2.05, 4.69) is 19.2 Å². The zero-order chi connectivity index (χ0) is 18.4. The lowest BCUT2D eigenvalue weighted by atomic mass is 10.1. The van der Waals surface area contributed by atoms with Crippen molar-refractivity contribution < 1.29 is 14.8 Å². The number of thioether (sulfide) groups is 1. The van der Waals surface area contributed by atoms with Crippen LogP contribution in [0.3, 0.4) is 0 Å². The van der Waals surface area contributed by atoms with E-state index in [1.165, 1.54) is 24.3 Å². The molecule has 2 N–H and O–H groups in total. The van der Waals surface area contributed by atoms with E-state index in [0.717, 1.165) is 4.90 Å². The maximum atomic E-state index is 12.1. The Kier molecular flexibility index (Phi) is 6.55. The van der Waals surface area contributed by atoms with Gasteiger partial charge in [-0.25, -0.2) is 0 Å². The topological polar surface area (TPSA) is 92.5 Å². The van der Waals surface area contributed by atoms with Gasteiger partial charge in [-0.05, 0) is 42.0 Å². The molecular weight excluding hydrogens is 340 g/mol. The highest BCUT2D eigenvalue weighted by molar-refractivity contribution is 7.99. The molecule has 0 aliphatic carbocycles. The first-order valence-electron chi connectivity index (χ1n) is 7.84. The van der Waals surface area contributed by atoms with Crippen LogP contribution in [0.1, 0.15) is 35.9 Å². The molecule has 0 bridgehead atoms. The average Bonchev–Trinajstić information content (AvgIpc) is 2.59. The van der Waals surface area contributed by atoms with Crippen molar-refractivity contribution >= 4 is 23.4 Å². The largest absolute Gasteiger partial charge is 0.387 e. The second kappa shape index (κ2) is 8.64. The normalized spacial score (nSPS) is 12.0. The lowest BCUT2D eigenvalue weighted by Gasteiger charge is -2.12. The fourth-order valence-electron chi connectivity index (χ4n) is 2.18. The van der Waals surface area contributed by atoms with E-state index in [1.54, 1.807) is 23.9 Å². The lowest BCUT2D eigenvalue weighted by molar-refractivity contribution is -0.384. The van der Waals surface area contributed by atoms with Crippen molar-refractivity contribution in [2.24, 2.45) is 0 Å². The molecule has 0 aliphatic heterocycles. The Morgan fingerprint density at radius 1 is 1.16 bits per heavy atom. The van der Waals surface area contributed by atoms with Gasteiger partial charge in [-0.3, -0.25) is 14.9 Å². The van der Waals surface area contributed by atoms with Gasteiger partial charge in [-0.15, -0.1) is 11.8 Å². The molecule has 0 heterocycles. The maximum Gasteiger partial charge on any atom is 0.269 e. The molecule has 0 saturated heterocycles. The van der Waals surface area contributed by atoms with Crippen LogP contribution in [0.2, 0.25) is 0 Å². The fraction of sp³-hybridized carbons (Fsp3) is 0.278. The molecule has 132 valence electrons. The number of nitro benzene ring substituents is 1. The number of benzene rings is 2. The summed E-state index contributed by atoms with van der Waals surface area (Å²) in [6.45, 7) is 4.23. The molecule has 2 aromatic carbocycles. The first kappa shape index (κ1) is 19.0. The van der Waals surface area contributed by atoms with E-state index in [-0.39, 0.29) is 18.1 Å². The second-order valence-electron chi connectivity index (χ2n) is 5.77. The van der Waals surface area contributed by atoms with Crippen LogP contribution >= 0.6 is 11.8 Å². The molecular formula is C18H20N2O4S. The van der Waals surface area contributed by atoms with E-state index >= 15 is 0 Å². The number of carbonyl (C=O) groups excluding carboxylic acids is 1. The van der Waals surface area contributed by atoms with E-state index in [4.69, 9.17) is 0 Å². The van der Waals surface area contributed by atoms with Crippen molar-refractivity contribution in [2.75, 3.05) is 6.54 Å². The molecule has 0 fully saturated rings. The molecule has 1 unspecified atom stereocenters. The summed E-state index contributed by atoms with van der Waals surface area (Å²) in [6, 6.07) is 12.9. The van der Waals surface area contributed by atoms with Crippen LogP contribution < -0.4 is 5.32 Å². The summed E-state index contributed by atoms with van der Waals surface area (Å²) >= 11 is 1.72. The molecule has 0 radical (unpaired) electrons. The van der Waals surface area contributed by atoms with Gasteiger partial charge >= 0.3 is 0 Å². The average molecular weight is 360 g/mol. The molecule has 1 atom stereocenters. The van der Waals surface area contributed by atoms with Gasteiger partial charge in [-0.2, -0.15) is 0 Å². The Balaban J connectivity index is 1.91. The van der Waals surface area contributed by atoms with Gasteiger partial charge in [0, 0.05) is 34.4 Å². The number of aliphatic hydroxyl groups excluding tert-OH is 1. The van der Waals surface area contributed by atoms with Crippen LogP contribution in [-0.2, 0) is 0 Å². The minimum atomic E-state index is -0.930. The van der Waals surface area contributed by atoms with Gasteiger partial charge < -0.3 is 10.4 Å². The molecule has 0 aliphatic rings. The number of carbonyl (C=O) groups is 1. The summed E-state index contributed by atoms with van der Waals surface area (Å²) in [7, 11) is 0. The molecule has 7 heteroatoms. The SMILES string of the molecule is CC(C)Sc1ccc(C(=O)NCC(O)c2ccc([N+](=O)[O-])cc2)cc1. The van der Waals surface area contributed by atoms with Crippen LogP contribution in [0.15, 0.2) is 53.4 Å². The Labute approximate surface area is 150 Å². The zero-order valence-electron chi connectivity index (χ0n) is 14.0. The molecule has 0 saturated carbocycles.